The SMILES string of the molecule is C1=CN(c2ccccc2)C(C2CCC2)N=C1. The molecule has 1 aliphatic carbocycles. The summed E-state index contributed by atoms with van der Waals surface area (Å²) in [5, 5.41) is 0. The Labute approximate surface area is 96.3 Å². The van der Waals surface area contributed by atoms with E-state index >= 15 is 0 Å². The fourth-order valence-corrected chi connectivity index (χ4v) is 2.35. The molecule has 0 spiro atoms. The average molecular weight is 212 g/mol. The van der Waals surface area contributed by atoms with Gasteiger partial charge in [0, 0.05) is 18.1 Å². The lowest BCUT2D eigenvalue weighted by Gasteiger charge is -2.39. The summed E-state index contributed by atoms with van der Waals surface area (Å²) in [6, 6.07) is 10.5. The lowest BCUT2D eigenvalue weighted by Crippen LogP contribution is -2.40. The second-order valence-electron chi connectivity index (χ2n) is 4.49. The fourth-order valence-electron chi connectivity index (χ4n) is 2.35. The number of anilines is 1. The third kappa shape index (κ3) is 1.64. The molecule has 0 radical (unpaired) electrons. The Bertz CT molecular complexity index is 404. The van der Waals surface area contributed by atoms with E-state index < -0.39 is 0 Å². The molecule has 1 heterocycles. The Morgan fingerprint density at radius 3 is 2.62 bits per heavy atom. The van der Waals surface area contributed by atoms with Gasteiger partial charge >= 0.3 is 0 Å². The molecule has 2 nitrogen and oxygen atoms in total. The van der Waals surface area contributed by atoms with E-state index in [-0.39, 0.29) is 0 Å². The number of aliphatic imine (C=N–C) groups is 1. The second-order valence-corrected chi connectivity index (χ2v) is 4.49. The summed E-state index contributed by atoms with van der Waals surface area (Å²) in [5.41, 5.74) is 1.24. The van der Waals surface area contributed by atoms with Crippen molar-refractivity contribution in [1.29, 1.82) is 0 Å². The van der Waals surface area contributed by atoms with Gasteiger partial charge < -0.3 is 4.90 Å². The smallest absolute Gasteiger partial charge is 0.127 e. The molecule has 0 N–H and O–H groups in total. The molecule has 82 valence electrons. The predicted molar refractivity (Wildman–Crippen MR) is 67.7 cm³/mol. The summed E-state index contributed by atoms with van der Waals surface area (Å²) in [5.74, 6) is 0.737. The first kappa shape index (κ1) is 9.64. The molecule has 0 amide bonds. The van der Waals surface area contributed by atoms with Crippen LogP contribution >= 0.6 is 0 Å². The van der Waals surface area contributed by atoms with Gasteiger partial charge in [-0.15, -0.1) is 0 Å². The molecule has 1 atom stereocenters. The molecule has 16 heavy (non-hydrogen) atoms. The van der Waals surface area contributed by atoms with Crippen molar-refractivity contribution in [1.82, 2.24) is 0 Å². The Morgan fingerprint density at radius 1 is 1.12 bits per heavy atom. The summed E-state index contributed by atoms with van der Waals surface area (Å²) in [7, 11) is 0. The number of hydrogen-bond donors (Lipinski definition) is 0. The van der Waals surface area contributed by atoms with E-state index in [4.69, 9.17) is 0 Å². The van der Waals surface area contributed by atoms with Crippen molar-refractivity contribution in [2.75, 3.05) is 4.90 Å². The highest BCUT2D eigenvalue weighted by molar-refractivity contribution is 5.74. The van der Waals surface area contributed by atoms with E-state index in [1.54, 1.807) is 0 Å². The molecule has 1 aromatic carbocycles. The third-order valence-corrected chi connectivity index (χ3v) is 3.48. The average Bonchev–Trinajstić information content (AvgIpc) is 2.29. The van der Waals surface area contributed by atoms with Gasteiger partial charge in [0.2, 0.25) is 0 Å². The van der Waals surface area contributed by atoms with E-state index in [1.165, 1.54) is 24.9 Å². The zero-order valence-electron chi connectivity index (χ0n) is 9.29. The van der Waals surface area contributed by atoms with E-state index in [0.29, 0.717) is 6.17 Å². The normalized spacial score (nSPS) is 24.5. The Hall–Kier alpha value is -1.57. The van der Waals surface area contributed by atoms with Crippen molar-refractivity contribution in [3.63, 3.8) is 0 Å². The monoisotopic (exact) mass is 212 g/mol. The van der Waals surface area contributed by atoms with Gasteiger partial charge in [0.1, 0.15) is 6.17 Å². The Balaban J connectivity index is 1.87. The van der Waals surface area contributed by atoms with Gasteiger partial charge in [-0.1, -0.05) is 24.6 Å². The van der Waals surface area contributed by atoms with Crippen LogP contribution in [0.5, 0.6) is 0 Å². The highest BCUT2D eigenvalue weighted by atomic mass is 15.2. The highest BCUT2D eigenvalue weighted by Gasteiger charge is 2.31. The second kappa shape index (κ2) is 4.12. The zero-order valence-corrected chi connectivity index (χ0v) is 9.29. The van der Waals surface area contributed by atoms with Gasteiger partial charge in [-0.3, -0.25) is 4.99 Å². The van der Waals surface area contributed by atoms with Crippen molar-refractivity contribution in [3.8, 4) is 0 Å². The lowest BCUT2D eigenvalue weighted by molar-refractivity contribution is 0.264. The highest BCUT2D eigenvalue weighted by Crippen LogP contribution is 2.35. The maximum atomic E-state index is 4.62. The van der Waals surface area contributed by atoms with Crippen LogP contribution in [0.3, 0.4) is 0 Å². The molecule has 1 fully saturated rings. The van der Waals surface area contributed by atoms with E-state index in [0.717, 1.165) is 5.92 Å². The summed E-state index contributed by atoms with van der Waals surface area (Å²) in [4.78, 5) is 6.92. The predicted octanol–water partition coefficient (Wildman–Crippen LogP) is 3.22. The van der Waals surface area contributed by atoms with Gasteiger partial charge in [0.15, 0.2) is 0 Å². The summed E-state index contributed by atoms with van der Waals surface area (Å²) in [6.07, 6.45) is 10.4. The molecular weight excluding hydrogens is 196 g/mol. The van der Waals surface area contributed by atoms with Crippen LogP contribution in [-0.2, 0) is 0 Å². The zero-order chi connectivity index (χ0) is 10.8. The molecule has 0 saturated heterocycles. The fraction of sp³-hybridized carbons (Fsp3) is 0.357. The summed E-state index contributed by atoms with van der Waals surface area (Å²) < 4.78 is 0. The largest absolute Gasteiger partial charge is 0.325 e. The first-order valence-electron chi connectivity index (χ1n) is 5.98. The maximum absolute atomic E-state index is 4.62. The summed E-state index contributed by atoms with van der Waals surface area (Å²) in [6.45, 7) is 0. The van der Waals surface area contributed by atoms with Gasteiger partial charge in [-0.05, 0) is 37.0 Å². The van der Waals surface area contributed by atoms with Crippen LogP contribution in [-0.4, -0.2) is 12.4 Å². The molecule has 2 heteroatoms. The molecule has 1 unspecified atom stereocenters. The van der Waals surface area contributed by atoms with Crippen LogP contribution in [0.25, 0.3) is 0 Å². The topological polar surface area (TPSA) is 15.6 Å². The minimum absolute atomic E-state index is 0.321. The molecule has 1 aliphatic heterocycles. The van der Waals surface area contributed by atoms with Crippen LogP contribution in [0.15, 0.2) is 47.6 Å². The van der Waals surface area contributed by atoms with Gasteiger partial charge in [-0.25, -0.2) is 0 Å². The van der Waals surface area contributed by atoms with Crippen LogP contribution in [0.2, 0.25) is 0 Å². The minimum Gasteiger partial charge on any atom is -0.325 e. The standard InChI is InChI=1S/C14H16N2/c1-2-8-13(9-3-1)16-11-5-10-15-14(16)12-6-4-7-12/h1-3,5,8-12,14H,4,6-7H2. The molecule has 1 saturated carbocycles. The number of para-hydroxylation sites is 1. The van der Waals surface area contributed by atoms with E-state index in [9.17, 15) is 0 Å². The van der Waals surface area contributed by atoms with Crippen LogP contribution < -0.4 is 4.90 Å². The van der Waals surface area contributed by atoms with Crippen LogP contribution in [0.4, 0.5) is 5.69 Å². The number of benzene rings is 1. The number of nitrogens with zero attached hydrogens (tertiary/aromatic N) is 2. The molecular formula is C14H16N2. The minimum atomic E-state index is 0.321. The van der Waals surface area contributed by atoms with Crippen molar-refractivity contribution in [2.24, 2.45) is 10.9 Å². The van der Waals surface area contributed by atoms with Crippen LogP contribution in [0, 0.1) is 5.92 Å². The Morgan fingerprint density at radius 2 is 1.94 bits per heavy atom. The third-order valence-electron chi connectivity index (χ3n) is 3.48. The van der Waals surface area contributed by atoms with Crippen molar-refractivity contribution in [2.45, 2.75) is 25.4 Å². The van der Waals surface area contributed by atoms with Crippen molar-refractivity contribution >= 4 is 11.9 Å². The maximum Gasteiger partial charge on any atom is 0.127 e. The van der Waals surface area contributed by atoms with E-state index in [1.807, 2.05) is 12.3 Å². The number of rotatable bonds is 2. The quantitative estimate of drug-likeness (QED) is 0.735. The lowest BCUT2D eigenvalue weighted by atomic mass is 9.82. The van der Waals surface area contributed by atoms with Gasteiger partial charge in [0.05, 0.1) is 0 Å². The first-order valence-corrected chi connectivity index (χ1v) is 5.98. The molecule has 1 aromatic rings. The molecule has 2 aliphatic rings. The molecule has 0 bridgehead atoms. The summed E-state index contributed by atoms with van der Waals surface area (Å²) >= 11 is 0. The van der Waals surface area contributed by atoms with Crippen molar-refractivity contribution < 1.29 is 0 Å². The van der Waals surface area contributed by atoms with Gasteiger partial charge in [-0.2, -0.15) is 0 Å². The van der Waals surface area contributed by atoms with Gasteiger partial charge in [0.25, 0.3) is 0 Å². The molecule has 3 rings (SSSR count). The number of hydrogen-bond acceptors (Lipinski definition) is 2. The molecule has 0 aromatic heterocycles. The van der Waals surface area contributed by atoms with Crippen molar-refractivity contribution in [3.05, 3.63) is 42.6 Å². The Kier molecular flexibility index (Phi) is 2.49. The van der Waals surface area contributed by atoms with E-state index in [2.05, 4.69) is 46.4 Å². The number of allylic oxidation sites excluding steroid dienone is 1. The first-order chi connectivity index (χ1) is 7.95. The van der Waals surface area contributed by atoms with Crippen LogP contribution in [0.1, 0.15) is 19.3 Å².